The number of allylic oxidation sites excluding steroid dienone is 2. The molecule has 0 atom stereocenters. The molecule has 1 N–H and O–H groups in total. The van der Waals surface area contributed by atoms with E-state index in [1.54, 1.807) is 19.4 Å². The van der Waals surface area contributed by atoms with Crippen molar-refractivity contribution in [1.29, 1.82) is 0 Å². The second kappa shape index (κ2) is 7.47. The molecule has 1 aliphatic rings. The average molecular weight is 260 g/mol. The Morgan fingerprint density at radius 1 is 1.35 bits per heavy atom. The third-order valence-electron chi connectivity index (χ3n) is 2.38. The fourth-order valence-corrected chi connectivity index (χ4v) is 2.76. The molecule has 1 rings (SSSR count). The summed E-state index contributed by atoms with van der Waals surface area (Å²) in [5, 5.41) is 3.12. The number of rotatable bonds is 8. The maximum atomic E-state index is 11.9. The summed E-state index contributed by atoms with van der Waals surface area (Å²) in [5.74, 6) is 0.172. The number of sulfonamides is 1. The SMILES string of the molecule is COCCNCCCS(=O)(=O)N1C=CC=CC1. The first-order valence-corrected chi connectivity index (χ1v) is 7.30. The third kappa shape index (κ3) is 5.34. The van der Waals surface area contributed by atoms with Crippen LogP contribution in [0.5, 0.6) is 0 Å². The van der Waals surface area contributed by atoms with Gasteiger partial charge in [-0.2, -0.15) is 0 Å². The van der Waals surface area contributed by atoms with E-state index in [1.807, 2.05) is 12.2 Å². The van der Waals surface area contributed by atoms with Crippen molar-refractivity contribution in [2.24, 2.45) is 0 Å². The van der Waals surface area contributed by atoms with Crippen molar-refractivity contribution in [3.05, 3.63) is 24.4 Å². The van der Waals surface area contributed by atoms with Crippen LogP contribution in [0.15, 0.2) is 24.4 Å². The van der Waals surface area contributed by atoms with Crippen LogP contribution >= 0.6 is 0 Å². The molecule has 98 valence electrons. The lowest BCUT2D eigenvalue weighted by atomic mass is 10.4. The zero-order valence-electron chi connectivity index (χ0n) is 10.1. The monoisotopic (exact) mass is 260 g/mol. The zero-order chi connectivity index (χ0) is 12.6. The summed E-state index contributed by atoms with van der Waals surface area (Å²) in [6.45, 7) is 2.53. The van der Waals surface area contributed by atoms with Gasteiger partial charge in [0, 0.05) is 19.9 Å². The molecule has 6 heteroatoms. The van der Waals surface area contributed by atoms with Gasteiger partial charge in [-0.25, -0.2) is 8.42 Å². The number of methoxy groups -OCH3 is 1. The predicted molar refractivity (Wildman–Crippen MR) is 68.1 cm³/mol. The lowest BCUT2D eigenvalue weighted by Gasteiger charge is -2.20. The smallest absolute Gasteiger partial charge is 0.234 e. The number of hydrogen-bond donors (Lipinski definition) is 1. The molecule has 5 nitrogen and oxygen atoms in total. The molecule has 0 saturated carbocycles. The first-order valence-electron chi connectivity index (χ1n) is 5.69. The van der Waals surface area contributed by atoms with Crippen LogP contribution in [-0.4, -0.2) is 51.8 Å². The molecule has 1 aliphatic heterocycles. The van der Waals surface area contributed by atoms with Crippen molar-refractivity contribution >= 4 is 10.0 Å². The Hall–Kier alpha value is -0.850. The Morgan fingerprint density at radius 2 is 2.18 bits per heavy atom. The lowest BCUT2D eigenvalue weighted by molar-refractivity contribution is 0.199. The topological polar surface area (TPSA) is 58.6 Å². The van der Waals surface area contributed by atoms with Gasteiger partial charge in [0.1, 0.15) is 0 Å². The van der Waals surface area contributed by atoms with Gasteiger partial charge in [0.15, 0.2) is 0 Å². The van der Waals surface area contributed by atoms with Crippen LogP contribution in [0.25, 0.3) is 0 Å². The number of nitrogens with one attached hydrogen (secondary N) is 1. The minimum absolute atomic E-state index is 0.172. The highest BCUT2D eigenvalue weighted by atomic mass is 32.2. The van der Waals surface area contributed by atoms with Crippen LogP contribution in [-0.2, 0) is 14.8 Å². The van der Waals surface area contributed by atoms with E-state index in [4.69, 9.17) is 4.74 Å². The molecular formula is C11H20N2O3S. The van der Waals surface area contributed by atoms with E-state index >= 15 is 0 Å². The quantitative estimate of drug-likeness (QED) is 0.639. The molecule has 17 heavy (non-hydrogen) atoms. The summed E-state index contributed by atoms with van der Waals surface area (Å²) < 4.78 is 30.0. The Labute approximate surface area is 103 Å². The number of ether oxygens (including phenoxy) is 1. The Kier molecular flexibility index (Phi) is 6.25. The maximum Gasteiger partial charge on any atom is 0.234 e. The van der Waals surface area contributed by atoms with Crippen LogP contribution in [0.2, 0.25) is 0 Å². The highest BCUT2D eigenvalue weighted by molar-refractivity contribution is 7.89. The fraction of sp³-hybridized carbons (Fsp3) is 0.636. The van der Waals surface area contributed by atoms with E-state index in [0.29, 0.717) is 26.1 Å². The van der Waals surface area contributed by atoms with Gasteiger partial charge < -0.3 is 10.1 Å². The van der Waals surface area contributed by atoms with Crippen LogP contribution in [0.3, 0.4) is 0 Å². The number of hydrogen-bond acceptors (Lipinski definition) is 4. The standard InChI is InChI=1S/C11H20N2O3S/c1-16-10-7-12-6-5-11-17(14,15)13-8-3-2-4-9-13/h2-4,8,12H,5-7,9-11H2,1H3. The molecule has 0 spiro atoms. The van der Waals surface area contributed by atoms with E-state index in [2.05, 4.69) is 5.32 Å². The van der Waals surface area contributed by atoms with Crippen LogP contribution in [0, 0.1) is 0 Å². The van der Waals surface area contributed by atoms with Gasteiger partial charge in [-0.1, -0.05) is 12.2 Å². The second-order valence-corrected chi connectivity index (χ2v) is 5.79. The van der Waals surface area contributed by atoms with Crippen LogP contribution in [0.1, 0.15) is 6.42 Å². The predicted octanol–water partition coefficient (Wildman–Crippen LogP) is 0.328. The van der Waals surface area contributed by atoms with E-state index in [9.17, 15) is 8.42 Å². The van der Waals surface area contributed by atoms with E-state index in [1.165, 1.54) is 4.31 Å². The number of nitrogens with zero attached hydrogens (tertiary/aromatic N) is 1. The van der Waals surface area contributed by atoms with Crippen molar-refractivity contribution in [2.45, 2.75) is 6.42 Å². The summed E-state index contributed by atoms with van der Waals surface area (Å²) in [6, 6.07) is 0. The molecule has 0 bridgehead atoms. The lowest BCUT2D eigenvalue weighted by Crippen LogP contribution is -2.31. The molecular weight excluding hydrogens is 240 g/mol. The van der Waals surface area contributed by atoms with Crippen molar-refractivity contribution in [3.8, 4) is 0 Å². The van der Waals surface area contributed by atoms with Gasteiger partial charge in [-0.3, -0.25) is 4.31 Å². The Balaban J connectivity index is 2.21. The van der Waals surface area contributed by atoms with Gasteiger partial charge in [0.25, 0.3) is 0 Å². The van der Waals surface area contributed by atoms with E-state index < -0.39 is 10.0 Å². The highest BCUT2D eigenvalue weighted by Crippen LogP contribution is 2.07. The average Bonchev–Trinajstić information content (AvgIpc) is 2.35. The molecule has 0 radical (unpaired) electrons. The van der Waals surface area contributed by atoms with Crippen molar-refractivity contribution in [2.75, 3.05) is 39.1 Å². The van der Waals surface area contributed by atoms with Gasteiger partial charge in [-0.15, -0.1) is 0 Å². The zero-order valence-corrected chi connectivity index (χ0v) is 10.9. The molecule has 0 unspecified atom stereocenters. The van der Waals surface area contributed by atoms with Crippen LogP contribution in [0.4, 0.5) is 0 Å². The van der Waals surface area contributed by atoms with Crippen LogP contribution < -0.4 is 5.32 Å². The summed E-state index contributed by atoms with van der Waals surface area (Å²) in [5.41, 5.74) is 0. The first kappa shape index (κ1) is 14.2. The molecule has 0 amide bonds. The molecule has 0 fully saturated rings. The molecule has 0 aromatic rings. The van der Waals surface area contributed by atoms with Crippen molar-refractivity contribution in [1.82, 2.24) is 9.62 Å². The normalized spacial score (nSPS) is 15.5. The second-order valence-electron chi connectivity index (χ2n) is 3.75. The van der Waals surface area contributed by atoms with E-state index in [-0.39, 0.29) is 5.75 Å². The van der Waals surface area contributed by atoms with Gasteiger partial charge in [0.05, 0.1) is 18.9 Å². The minimum Gasteiger partial charge on any atom is -0.383 e. The molecule has 0 aromatic carbocycles. The summed E-state index contributed by atoms with van der Waals surface area (Å²) in [6.07, 6.45) is 7.62. The summed E-state index contributed by atoms with van der Waals surface area (Å²) in [7, 11) is -1.51. The molecule has 1 heterocycles. The Morgan fingerprint density at radius 3 is 2.82 bits per heavy atom. The first-order chi connectivity index (χ1) is 8.17. The van der Waals surface area contributed by atoms with Gasteiger partial charge >= 0.3 is 0 Å². The summed E-state index contributed by atoms with van der Waals surface area (Å²) >= 11 is 0. The van der Waals surface area contributed by atoms with Crippen molar-refractivity contribution in [3.63, 3.8) is 0 Å². The largest absolute Gasteiger partial charge is 0.383 e. The third-order valence-corrected chi connectivity index (χ3v) is 4.17. The summed E-state index contributed by atoms with van der Waals surface area (Å²) in [4.78, 5) is 0. The molecule has 0 aromatic heterocycles. The Bertz CT molecular complexity index is 363. The van der Waals surface area contributed by atoms with E-state index in [0.717, 1.165) is 6.54 Å². The maximum absolute atomic E-state index is 11.9. The molecule has 0 aliphatic carbocycles. The van der Waals surface area contributed by atoms with Gasteiger partial charge in [-0.05, 0) is 19.0 Å². The molecule has 0 saturated heterocycles. The van der Waals surface area contributed by atoms with Gasteiger partial charge in [0.2, 0.25) is 10.0 Å². The highest BCUT2D eigenvalue weighted by Gasteiger charge is 2.17. The minimum atomic E-state index is -3.15. The fourth-order valence-electron chi connectivity index (χ4n) is 1.45. The van der Waals surface area contributed by atoms with Crippen molar-refractivity contribution < 1.29 is 13.2 Å².